The second-order valence-corrected chi connectivity index (χ2v) is 4.61. The average Bonchev–Trinajstić information content (AvgIpc) is 2.97. The Labute approximate surface area is 120 Å². The van der Waals surface area contributed by atoms with Crippen LogP contribution in [-0.2, 0) is 0 Å². The van der Waals surface area contributed by atoms with Crippen LogP contribution in [0, 0.1) is 17.0 Å². The van der Waals surface area contributed by atoms with Crippen molar-refractivity contribution in [1.82, 2.24) is 15.0 Å². The quantitative estimate of drug-likeness (QED) is 0.545. The van der Waals surface area contributed by atoms with Gasteiger partial charge in [0.15, 0.2) is 0 Å². The summed E-state index contributed by atoms with van der Waals surface area (Å²) in [6.45, 7) is 1.97. The molecule has 0 N–H and O–H groups in total. The molecule has 0 spiro atoms. The van der Waals surface area contributed by atoms with E-state index in [1.54, 1.807) is 29.1 Å². The van der Waals surface area contributed by atoms with Crippen LogP contribution in [0.15, 0.2) is 54.7 Å². The Morgan fingerprint density at radius 3 is 2.57 bits per heavy atom. The lowest BCUT2D eigenvalue weighted by Crippen LogP contribution is -1.97. The molecule has 0 saturated heterocycles. The molecule has 0 saturated carbocycles. The summed E-state index contributed by atoms with van der Waals surface area (Å²) in [7, 11) is 0. The van der Waals surface area contributed by atoms with E-state index in [2.05, 4.69) is 10.3 Å². The molecular formula is C15H12N4O2. The van der Waals surface area contributed by atoms with Crippen LogP contribution in [-0.4, -0.2) is 19.9 Å². The molecule has 0 unspecified atom stereocenters. The van der Waals surface area contributed by atoms with E-state index in [4.69, 9.17) is 0 Å². The van der Waals surface area contributed by atoms with Gasteiger partial charge >= 0.3 is 0 Å². The lowest BCUT2D eigenvalue weighted by atomic mass is 10.1. The van der Waals surface area contributed by atoms with Crippen LogP contribution in [0.2, 0.25) is 0 Å². The summed E-state index contributed by atoms with van der Waals surface area (Å²) in [6.07, 6.45) is 1.70. The van der Waals surface area contributed by atoms with Gasteiger partial charge in [0, 0.05) is 6.07 Å². The average molecular weight is 280 g/mol. The van der Waals surface area contributed by atoms with Gasteiger partial charge in [0.2, 0.25) is 0 Å². The minimum absolute atomic E-state index is 0.0225. The Hall–Kier alpha value is -3.02. The van der Waals surface area contributed by atoms with Gasteiger partial charge in [-0.05, 0) is 24.6 Å². The number of rotatable bonds is 3. The maximum Gasteiger partial charge on any atom is 0.278 e. The Morgan fingerprint density at radius 2 is 1.81 bits per heavy atom. The Balaban J connectivity index is 2.08. The fourth-order valence-electron chi connectivity index (χ4n) is 2.17. The zero-order chi connectivity index (χ0) is 14.8. The zero-order valence-electron chi connectivity index (χ0n) is 11.3. The van der Waals surface area contributed by atoms with E-state index in [9.17, 15) is 10.1 Å². The first-order chi connectivity index (χ1) is 10.2. The first-order valence-electron chi connectivity index (χ1n) is 6.39. The molecular weight excluding hydrogens is 268 g/mol. The first-order valence-corrected chi connectivity index (χ1v) is 6.39. The molecule has 0 aliphatic rings. The van der Waals surface area contributed by atoms with Crippen LogP contribution in [0.4, 0.5) is 5.69 Å². The number of hydrogen-bond donors (Lipinski definition) is 0. The molecule has 6 nitrogen and oxygen atoms in total. The molecule has 21 heavy (non-hydrogen) atoms. The molecule has 104 valence electrons. The van der Waals surface area contributed by atoms with Gasteiger partial charge in [0.05, 0.1) is 22.4 Å². The monoisotopic (exact) mass is 280 g/mol. The Bertz CT molecular complexity index is 811. The number of hydrogen-bond acceptors (Lipinski definition) is 4. The second kappa shape index (κ2) is 5.16. The molecule has 3 aromatic rings. The third kappa shape index (κ3) is 2.38. The fraction of sp³-hybridized carbons (Fsp3) is 0.0667. The molecule has 1 aromatic heterocycles. The van der Waals surface area contributed by atoms with E-state index >= 15 is 0 Å². The summed E-state index contributed by atoms with van der Waals surface area (Å²) < 4.78 is 1.63. The maximum atomic E-state index is 11.1. The topological polar surface area (TPSA) is 73.8 Å². The third-order valence-electron chi connectivity index (χ3n) is 3.23. The van der Waals surface area contributed by atoms with Crippen LogP contribution in [0.25, 0.3) is 16.9 Å². The second-order valence-electron chi connectivity index (χ2n) is 4.61. The van der Waals surface area contributed by atoms with E-state index in [0.717, 1.165) is 11.3 Å². The minimum atomic E-state index is -0.415. The highest BCUT2D eigenvalue weighted by Crippen LogP contribution is 2.28. The summed E-state index contributed by atoms with van der Waals surface area (Å²) in [5, 5.41) is 19.2. The van der Waals surface area contributed by atoms with Gasteiger partial charge in [-0.15, -0.1) is 5.10 Å². The number of para-hydroxylation sites is 2. The third-order valence-corrected chi connectivity index (χ3v) is 3.23. The van der Waals surface area contributed by atoms with Crippen molar-refractivity contribution in [1.29, 1.82) is 0 Å². The molecule has 1 heterocycles. The largest absolute Gasteiger partial charge is 0.278 e. The highest BCUT2D eigenvalue weighted by atomic mass is 16.6. The van der Waals surface area contributed by atoms with Crippen molar-refractivity contribution < 1.29 is 4.92 Å². The van der Waals surface area contributed by atoms with Crippen molar-refractivity contribution in [2.75, 3.05) is 0 Å². The van der Waals surface area contributed by atoms with Gasteiger partial charge in [-0.2, -0.15) is 0 Å². The lowest BCUT2D eigenvalue weighted by molar-refractivity contribution is -0.384. The molecule has 3 rings (SSSR count). The molecule has 0 bridgehead atoms. The number of nitrogens with zero attached hydrogens (tertiary/aromatic N) is 4. The SMILES string of the molecule is Cc1ccccc1-n1cc(-c2ccccc2[N+](=O)[O-])nn1. The number of nitro benzene ring substituents is 1. The predicted molar refractivity (Wildman–Crippen MR) is 78.2 cm³/mol. The molecule has 0 aliphatic heterocycles. The minimum Gasteiger partial charge on any atom is -0.258 e. The van der Waals surface area contributed by atoms with Gasteiger partial charge in [0.25, 0.3) is 5.69 Å². The maximum absolute atomic E-state index is 11.1. The Morgan fingerprint density at radius 1 is 1.10 bits per heavy atom. The molecule has 0 atom stereocenters. The lowest BCUT2D eigenvalue weighted by Gasteiger charge is -2.03. The predicted octanol–water partition coefficient (Wildman–Crippen LogP) is 3.15. The molecule has 0 amide bonds. The van der Waals surface area contributed by atoms with Gasteiger partial charge in [-0.3, -0.25) is 10.1 Å². The van der Waals surface area contributed by atoms with Crippen molar-refractivity contribution >= 4 is 5.69 Å². The highest BCUT2D eigenvalue weighted by molar-refractivity contribution is 5.69. The summed E-state index contributed by atoms with van der Waals surface area (Å²) in [5.41, 5.74) is 2.91. The highest BCUT2D eigenvalue weighted by Gasteiger charge is 2.17. The van der Waals surface area contributed by atoms with Crippen LogP contribution < -0.4 is 0 Å². The molecule has 2 aromatic carbocycles. The number of nitro groups is 1. The van der Waals surface area contributed by atoms with Crippen molar-refractivity contribution in [3.8, 4) is 16.9 Å². The number of aryl methyl sites for hydroxylation is 1. The molecule has 0 aliphatic carbocycles. The smallest absolute Gasteiger partial charge is 0.258 e. The summed E-state index contributed by atoms with van der Waals surface area (Å²) in [5.74, 6) is 0. The molecule has 0 radical (unpaired) electrons. The van der Waals surface area contributed by atoms with Crippen molar-refractivity contribution in [3.63, 3.8) is 0 Å². The van der Waals surface area contributed by atoms with E-state index in [1.165, 1.54) is 6.07 Å². The van der Waals surface area contributed by atoms with Gasteiger partial charge < -0.3 is 0 Å². The summed E-state index contributed by atoms with van der Waals surface area (Å²) in [4.78, 5) is 10.7. The van der Waals surface area contributed by atoms with E-state index in [1.807, 2.05) is 31.2 Å². The standard InChI is InChI=1S/C15H12N4O2/c1-11-6-2-4-8-14(11)18-10-13(16-17-18)12-7-3-5-9-15(12)19(20)21/h2-10H,1H3. The van der Waals surface area contributed by atoms with Crippen molar-refractivity contribution in [2.24, 2.45) is 0 Å². The van der Waals surface area contributed by atoms with E-state index < -0.39 is 4.92 Å². The fourth-order valence-corrected chi connectivity index (χ4v) is 2.17. The first kappa shape index (κ1) is 13.0. The Kier molecular flexibility index (Phi) is 3.19. The van der Waals surface area contributed by atoms with Crippen LogP contribution in [0.5, 0.6) is 0 Å². The summed E-state index contributed by atoms with van der Waals surface area (Å²) >= 11 is 0. The molecule has 6 heteroatoms. The zero-order valence-corrected chi connectivity index (χ0v) is 11.3. The van der Waals surface area contributed by atoms with Gasteiger partial charge in [-0.1, -0.05) is 35.5 Å². The van der Waals surface area contributed by atoms with E-state index in [0.29, 0.717) is 11.3 Å². The number of aromatic nitrogens is 3. The van der Waals surface area contributed by atoms with Gasteiger partial charge in [-0.25, -0.2) is 4.68 Å². The van der Waals surface area contributed by atoms with Crippen LogP contribution >= 0.6 is 0 Å². The summed E-state index contributed by atoms with van der Waals surface area (Å²) in [6, 6.07) is 14.3. The van der Waals surface area contributed by atoms with E-state index in [-0.39, 0.29) is 5.69 Å². The van der Waals surface area contributed by atoms with Crippen LogP contribution in [0.3, 0.4) is 0 Å². The van der Waals surface area contributed by atoms with Crippen molar-refractivity contribution in [3.05, 3.63) is 70.4 Å². The normalized spacial score (nSPS) is 10.5. The molecule has 0 fully saturated rings. The van der Waals surface area contributed by atoms with Crippen molar-refractivity contribution in [2.45, 2.75) is 6.92 Å². The van der Waals surface area contributed by atoms with Gasteiger partial charge in [0.1, 0.15) is 5.69 Å². The number of benzene rings is 2. The van der Waals surface area contributed by atoms with Crippen LogP contribution in [0.1, 0.15) is 5.56 Å².